The molecule has 0 atom stereocenters. The van der Waals surface area contributed by atoms with Gasteiger partial charge >= 0.3 is 5.97 Å². The minimum atomic E-state index is -3.48. The van der Waals surface area contributed by atoms with Gasteiger partial charge in [0, 0.05) is 17.4 Å². The second kappa shape index (κ2) is 6.10. The van der Waals surface area contributed by atoms with E-state index in [9.17, 15) is 18.3 Å². The Morgan fingerprint density at radius 3 is 2.42 bits per heavy atom. The molecule has 0 saturated heterocycles. The van der Waals surface area contributed by atoms with Crippen LogP contribution >= 0.6 is 0 Å². The van der Waals surface area contributed by atoms with Gasteiger partial charge < -0.3 is 9.67 Å². The van der Waals surface area contributed by atoms with Gasteiger partial charge in [-0.3, -0.25) is 0 Å². The van der Waals surface area contributed by atoms with Crippen molar-refractivity contribution in [2.75, 3.05) is 7.05 Å². The first kappa shape index (κ1) is 16.2. The molecule has 24 heavy (non-hydrogen) atoms. The normalized spacial score (nSPS) is 11.7. The van der Waals surface area contributed by atoms with E-state index in [4.69, 9.17) is 0 Å². The molecule has 0 radical (unpaired) electrons. The summed E-state index contributed by atoms with van der Waals surface area (Å²) in [5.41, 5.74) is 1.83. The Bertz CT molecular complexity index is 1000. The van der Waals surface area contributed by atoms with E-state index in [0.717, 1.165) is 16.5 Å². The molecule has 124 valence electrons. The number of sulfonamides is 1. The number of fused-ring (bicyclic) bond motifs is 1. The molecule has 3 aromatic rings. The van der Waals surface area contributed by atoms with Gasteiger partial charge in [-0.2, -0.15) is 0 Å². The van der Waals surface area contributed by atoms with Crippen LogP contribution in [0.1, 0.15) is 16.1 Å². The van der Waals surface area contributed by atoms with Crippen LogP contribution in [-0.4, -0.2) is 31.1 Å². The van der Waals surface area contributed by atoms with Gasteiger partial charge in [0.05, 0.1) is 4.90 Å². The molecule has 0 bridgehead atoms. The van der Waals surface area contributed by atoms with Crippen molar-refractivity contribution in [2.24, 2.45) is 0 Å². The molecule has 0 aliphatic carbocycles. The quantitative estimate of drug-likeness (QED) is 0.743. The lowest BCUT2D eigenvalue weighted by Crippen LogP contribution is -2.18. The smallest absolute Gasteiger partial charge is 0.352 e. The zero-order valence-electron chi connectivity index (χ0n) is 12.9. The Hall–Kier alpha value is -2.64. The van der Waals surface area contributed by atoms with Crippen LogP contribution in [0, 0.1) is 0 Å². The number of hydrogen-bond donors (Lipinski definition) is 2. The Balaban J connectivity index is 2.01. The van der Waals surface area contributed by atoms with E-state index in [2.05, 4.69) is 4.72 Å². The molecular weight excluding hydrogens is 328 g/mol. The number of carboxylic acids is 1. The SMILES string of the molecule is CNS(=O)(=O)c1ccc(Cn2c(C(=O)O)cc3ccccc32)cc1. The number of para-hydroxylation sites is 1. The van der Waals surface area contributed by atoms with Gasteiger partial charge in [0.15, 0.2) is 0 Å². The number of hydrogen-bond acceptors (Lipinski definition) is 3. The molecule has 0 unspecified atom stereocenters. The molecule has 1 aromatic heterocycles. The molecule has 7 heteroatoms. The predicted octanol–water partition coefficient (Wildman–Crippen LogP) is 2.30. The summed E-state index contributed by atoms with van der Waals surface area (Å²) in [6.07, 6.45) is 0. The molecular formula is C17H16N2O4S. The molecule has 0 saturated carbocycles. The number of nitrogens with one attached hydrogen (secondary N) is 1. The fourth-order valence-corrected chi connectivity index (χ4v) is 3.36. The average Bonchev–Trinajstić information content (AvgIpc) is 2.94. The van der Waals surface area contributed by atoms with Crippen LogP contribution in [-0.2, 0) is 16.6 Å². The zero-order valence-corrected chi connectivity index (χ0v) is 13.7. The van der Waals surface area contributed by atoms with Crippen molar-refractivity contribution in [1.29, 1.82) is 0 Å². The summed E-state index contributed by atoms with van der Waals surface area (Å²) < 4.78 is 27.5. The molecule has 2 aromatic carbocycles. The van der Waals surface area contributed by atoms with Gasteiger partial charge in [0.2, 0.25) is 10.0 Å². The molecule has 3 rings (SSSR count). The fourth-order valence-electron chi connectivity index (χ4n) is 2.63. The maximum absolute atomic E-state index is 11.8. The van der Waals surface area contributed by atoms with E-state index in [1.165, 1.54) is 19.2 Å². The van der Waals surface area contributed by atoms with Gasteiger partial charge in [-0.25, -0.2) is 17.9 Å². The minimum Gasteiger partial charge on any atom is -0.477 e. The Labute approximate surface area is 139 Å². The third-order valence-electron chi connectivity index (χ3n) is 3.87. The summed E-state index contributed by atoms with van der Waals surface area (Å²) in [5.74, 6) is -0.999. The van der Waals surface area contributed by atoms with Gasteiger partial charge in [-0.05, 0) is 36.9 Å². The maximum Gasteiger partial charge on any atom is 0.352 e. The van der Waals surface area contributed by atoms with Crippen LogP contribution in [0.2, 0.25) is 0 Å². The van der Waals surface area contributed by atoms with E-state index in [1.807, 2.05) is 24.3 Å². The van der Waals surface area contributed by atoms with Crippen molar-refractivity contribution < 1.29 is 18.3 Å². The lowest BCUT2D eigenvalue weighted by Gasteiger charge is -2.09. The molecule has 6 nitrogen and oxygen atoms in total. The lowest BCUT2D eigenvalue weighted by atomic mass is 10.2. The molecule has 2 N–H and O–H groups in total. The second-order valence-corrected chi connectivity index (χ2v) is 7.22. The van der Waals surface area contributed by atoms with E-state index in [1.54, 1.807) is 22.8 Å². The lowest BCUT2D eigenvalue weighted by molar-refractivity contribution is 0.0686. The van der Waals surface area contributed by atoms with Gasteiger partial charge in [0.25, 0.3) is 0 Å². The van der Waals surface area contributed by atoms with Crippen molar-refractivity contribution in [3.05, 3.63) is 65.9 Å². The highest BCUT2D eigenvalue weighted by molar-refractivity contribution is 7.89. The highest BCUT2D eigenvalue weighted by Crippen LogP contribution is 2.22. The van der Waals surface area contributed by atoms with Crippen LogP contribution in [0.3, 0.4) is 0 Å². The Morgan fingerprint density at radius 2 is 1.79 bits per heavy atom. The van der Waals surface area contributed by atoms with Crippen molar-refractivity contribution in [2.45, 2.75) is 11.4 Å². The van der Waals surface area contributed by atoms with Gasteiger partial charge in [0.1, 0.15) is 5.69 Å². The summed E-state index contributed by atoms with van der Waals surface area (Å²) >= 11 is 0. The van der Waals surface area contributed by atoms with Crippen molar-refractivity contribution in [1.82, 2.24) is 9.29 Å². The van der Waals surface area contributed by atoms with E-state index in [0.29, 0.717) is 6.54 Å². The highest BCUT2D eigenvalue weighted by Gasteiger charge is 2.15. The third-order valence-corrected chi connectivity index (χ3v) is 5.30. The monoisotopic (exact) mass is 344 g/mol. The van der Waals surface area contributed by atoms with Crippen LogP contribution in [0.15, 0.2) is 59.5 Å². The number of carbonyl (C=O) groups is 1. The van der Waals surface area contributed by atoms with E-state index in [-0.39, 0.29) is 10.6 Å². The highest BCUT2D eigenvalue weighted by atomic mass is 32.2. The van der Waals surface area contributed by atoms with Crippen LogP contribution < -0.4 is 4.72 Å². The maximum atomic E-state index is 11.8. The molecule has 0 aliphatic rings. The summed E-state index contributed by atoms with van der Waals surface area (Å²) in [6.45, 7) is 0.342. The standard InChI is InChI=1S/C17H16N2O4S/c1-18-24(22,23)14-8-6-12(7-9-14)11-19-15-5-3-2-4-13(15)10-16(19)17(20)21/h2-10,18H,11H2,1H3,(H,20,21). The zero-order chi connectivity index (χ0) is 17.3. The topological polar surface area (TPSA) is 88.4 Å². The van der Waals surface area contributed by atoms with Crippen molar-refractivity contribution in [3.8, 4) is 0 Å². The number of benzene rings is 2. The third kappa shape index (κ3) is 2.91. The summed E-state index contributed by atoms with van der Waals surface area (Å²) in [6, 6.07) is 15.5. The second-order valence-electron chi connectivity index (χ2n) is 5.33. The molecule has 0 fully saturated rings. The Morgan fingerprint density at radius 1 is 1.12 bits per heavy atom. The largest absolute Gasteiger partial charge is 0.477 e. The Kier molecular flexibility index (Phi) is 4.13. The van der Waals surface area contributed by atoms with Gasteiger partial charge in [-0.1, -0.05) is 30.3 Å². The van der Waals surface area contributed by atoms with E-state index >= 15 is 0 Å². The number of nitrogens with zero attached hydrogens (tertiary/aromatic N) is 1. The predicted molar refractivity (Wildman–Crippen MR) is 90.7 cm³/mol. The summed E-state index contributed by atoms with van der Waals surface area (Å²) in [4.78, 5) is 11.7. The van der Waals surface area contributed by atoms with Crippen molar-refractivity contribution in [3.63, 3.8) is 0 Å². The van der Waals surface area contributed by atoms with E-state index < -0.39 is 16.0 Å². The number of rotatable bonds is 5. The fraction of sp³-hybridized carbons (Fsp3) is 0.118. The molecule has 0 amide bonds. The first-order valence-electron chi connectivity index (χ1n) is 7.26. The minimum absolute atomic E-state index is 0.171. The number of aromatic carboxylic acids is 1. The van der Waals surface area contributed by atoms with Crippen LogP contribution in [0.5, 0.6) is 0 Å². The van der Waals surface area contributed by atoms with Gasteiger partial charge in [-0.15, -0.1) is 0 Å². The first-order valence-corrected chi connectivity index (χ1v) is 8.75. The average molecular weight is 344 g/mol. The van der Waals surface area contributed by atoms with Crippen molar-refractivity contribution >= 4 is 26.9 Å². The number of carboxylic acid groups (broad SMARTS) is 1. The number of aromatic nitrogens is 1. The molecule has 1 heterocycles. The molecule has 0 spiro atoms. The summed E-state index contributed by atoms with van der Waals surface area (Å²) in [5, 5.41) is 10.3. The molecule has 0 aliphatic heterocycles. The summed E-state index contributed by atoms with van der Waals surface area (Å²) in [7, 11) is -2.13. The first-order chi connectivity index (χ1) is 11.4. The van der Waals surface area contributed by atoms with Crippen LogP contribution in [0.4, 0.5) is 0 Å². The van der Waals surface area contributed by atoms with Crippen LogP contribution in [0.25, 0.3) is 10.9 Å².